The van der Waals surface area contributed by atoms with E-state index >= 15 is 0 Å². The SMILES string of the molecule is CCNC(Cc1c(Cl)c(C)nn1C)C(C)(C)S(C)(=O)=O. The van der Waals surface area contributed by atoms with Crippen molar-refractivity contribution in [2.75, 3.05) is 12.8 Å². The van der Waals surface area contributed by atoms with E-state index in [-0.39, 0.29) is 6.04 Å². The predicted molar refractivity (Wildman–Crippen MR) is 83.0 cm³/mol. The molecule has 1 aromatic heterocycles. The van der Waals surface area contributed by atoms with Gasteiger partial charge in [0.15, 0.2) is 9.84 Å². The van der Waals surface area contributed by atoms with Gasteiger partial charge in [-0.2, -0.15) is 5.10 Å². The molecule has 5 nitrogen and oxygen atoms in total. The molecule has 7 heteroatoms. The van der Waals surface area contributed by atoms with Crippen molar-refractivity contribution in [2.24, 2.45) is 7.05 Å². The summed E-state index contributed by atoms with van der Waals surface area (Å²) >= 11 is 6.26. The highest BCUT2D eigenvalue weighted by molar-refractivity contribution is 7.92. The van der Waals surface area contributed by atoms with Crippen LogP contribution in [0.15, 0.2) is 0 Å². The minimum atomic E-state index is -3.20. The second-order valence-corrected chi connectivity index (χ2v) is 8.63. The number of halogens is 1. The van der Waals surface area contributed by atoms with E-state index in [4.69, 9.17) is 11.6 Å². The monoisotopic (exact) mass is 321 g/mol. The van der Waals surface area contributed by atoms with Gasteiger partial charge in [0.2, 0.25) is 0 Å². The van der Waals surface area contributed by atoms with Crippen molar-refractivity contribution in [3.05, 3.63) is 16.4 Å². The summed E-state index contributed by atoms with van der Waals surface area (Å²) in [5.41, 5.74) is 1.61. The number of aryl methyl sites for hydroxylation is 2. The summed E-state index contributed by atoms with van der Waals surface area (Å²) in [6, 6.07) is -0.227. The van der Waals surface area contributed by atoms with Gasteiger partial charge in [0.25, 0.3) is 0 Å². The standard InChI is InChI=1S/C13H24ClN3O2S/c1-7-15-11(13(3,4)20(6,18)19)8-10-12(14)9(2)16-17(10)5/h11,15H,7-8H2,1-6H3. The summed E-state index contributed by atoms with van der Waals surface area (Å²) in [5.74, 6) is 0. The molecule has 1 rings (SSSR count). The fraction of sp³-hybridized carbons (Fsp3) is 0.769. The first kappa shape index (κ1) is 17.5. The third kappa shape index (κ3) is 3.35. The molecule has 0 spiro atoms. The number of aromatic nitrogens is 2. The van der Waals surface area contributed by atoms with E-state index in [1.54, 1.807) is 18.5 Å². The molecule has 0 saturated heterocycles. The van der Waals surface area contributed by atoms with Crippen LogP contribution in [0.4, 0.5) is 0 Å². The van der Waals surface area contributed by atoms with Gasteiger partial charge in [-0.3, -0.25) is 4.68 Å². The average molecular weight is 322 g/mol. The van der Waals surface area contributed by atoms with Crippen molar-refractivity contribution in [1.29, 1.82) is 0 Å². The lowest BCUT2D eigenvalue weighted by molar-refractivity contribution is 0.406. The molecular formula is C13H24ClN3O2S. The van der Waals surface area contributed by atoms with Crippen LogP contribution in [0.5, 0.6) is 0 Å². The Morgan fingerprint density at radius 2 is 2.00 bits per heavy atom. The Bertz CT molecular complexity index is 579. The molecule has 1 atom stereocenters. The average Bonchev–Trinajstić information content (AvgIpc) is 2.53. The minimum absolute atomic E-state index is 0.227. The van der Waals surface area contributed by atoms with Crippen molar-refractivity contribution in [1.82, 2.24) is 15.1 Å². The van der Waals surface area contributed by atoms with Crippen molar-refractivity contribution >= 4 is 21.4 Å². The van der Waals surface area contributed by atoms with E-state index in [1.165, 1.54) is 6.26 Å². The number of hydrogen-bond donors (Lipinski definition) is 1. The molecule has 0 aliphatic heterocycles. The van der Waals surface area contributed by atoms with Crippen molar-refractivity contribution < 1.29 is 8.42 Å². The van der Waals surface area contributed by atoms with Gasteiger partial charge in [0.1, 0.15) is 0 Å². The number of likely N-dealkylation sites (N-methyl/N-ethyl adjacent to an activating group) is 1. The van der Waals surface area contributed by atoms with Crippen LogP contribution in [0.2, 0.25) is 5.02 Å². The maximum atomic E-state index is 12.0. The molecule has 116 valence electrons. The van der Waals surface area contributed by atoms with E-state index in [9.17, 15) is 8.42 Å². The Kier molecular flexibility index (Phi) is 5.27. The van der Waals surface area contributed by atoms with Gasteiger partial charge in [-0.05, 0) is 27.3 Å². The molecule has 1 aromatic rings. The fourth-order valence-electron chi connectivity index (χ4n) is 2.16. The number of nitrogens with zero attached hydrogens (tertiary/aromatic N) is 2. The Morgan fingerprint density at radius 3 is 2.35 bits per heavy atom. The van der Waals surface area contributed by atoms with E-state index in [2.05, 4.69) is 10.4 Å². The molecule has 0 amide bonds. The lowest BCUT2D eigenvalue weighted by Crippen LogP contribution is -2.52. The van der Waals surface area contributed by atoms with Gasteiger partial charge in [-0.1, -0.05) is 18.5 Å². The van der Waals surface area contributed by atoms with Crippen LogP contribution in [0.3, 0.4) is 0 Å². The van der Waals surface area contributed by atoms with E-state index in [1.807, 2.05) is 20.9 Å². The highest BCUT2D eigenvalue weighted by Gasteiger charge is 2.39. The molecule has 0 fully saturated rings. The molecule has 0 saturated carbocycles. The Hall–Kier alpha value is -0.590. The molecule has 1 heterocycles. The third-order valence-corrected chi connectivity index (χ3v) is 6.59. The van der Waals surface area contributed by atoms with Crippen LogP contribution >= 0.6 is 11.6 Å². The van der Waals surface area contributed by atoms with Gasteiger partial charge in [0, 0.05) is 25.8 Å². The first-order valence-corrected chi connectivity index (χ1v) is 8.90. The van der Waals surface area contributed by atoms with Gasteiger partial charge >= 0.3 is 0 Å². The van der Waals surface area contributed by atoms with Crippen LogP contribution < -0.4 is 5.32 Å². The lowest BCUT2D eigenvalue weighted by Gasteiger charge is -2.33. The number of sulfone groups is 1. The molecule has 0 aliphatic carbocycles. The molecule has 0 radical (unpaired) electrons. The highest BCUT2D eigenvalue weighted by atomic mass is 35.5. The molecule has 1 N–H and O–H groups in total. The van der Waals surface area contributed by atoms with Crippen LogP contribution in [0.1, 0.15) is 32.2 Å². The summed E-state index contributed by atoms with van der Waals surface area (Å²) < 4.78 is 24.9. The zero-order valence-electron chi connectivity index (χ0n) is 13.0. The number of nitrogens with one attached hydrogen (secondary N) is 1. The second kappa shape index (κ2) is 6.03. The number of rotatable bonds is 6. The zero-order chi connectivity index (χ0) is 15.7. The van der Waals surface area contributed by atoms with Crippen LogP contribution in [-0.2, 0) is 23.3 Å². The molecule has 20 heavy (non-hydrogen) atoms. The van der Waals surface area contributed by atoms with Gasteiger partial charge < -0.3 is 5.32 Å². The Morgan fingerprint density at radius 1 is 1.45 bits per heavy atom. The Balaban J connectivity index is 3.17. The first-order valence-electron chi connectivity index (χ1n) is 6.63. The maximum absolute atomic E-state index is 12.0. The van der Waals surface area contributed by atoms with Crippen molar-refractivity contribution in [3.8, 4) is 0 Å². The van der Waals surface area contributed by atoms with Crippen LogP contribution in [0, 0.1) is 6.92 Å². The van der Waals surface area contributed by atoms with Crippen molar-refractivity contribution in [3.63, 3.8) is 0 Å². The van der Waals surface area contributed by atoms with E-state index in [0.29, 0.717) is 18.0 Å². The number of hydrogen-bond acceptors (Lipinski definition) is 4. The molecule has 0 bridgehead atoms. The third-order valence-electron chi connectivity index (χ3n) is 3.90. The summed E-state index contributed by atoms with van der Waals surface area (Å²) in [6.45, 7) is 7.98. The maximum Gasteiger partial charge on any atom is 0.154 e. The van der Waals surface area contributed by atoms with Crippen LogP contribution in [0.25, 0.3) is 0 Å². The summed E-state index contributed by atoms with van der Waals surface area (Å²) in [7, 11) is -1.37. The highest BCUT2D eigenvalue weighted by Crippen LogP contribution is 2.27. The summed E-state index contributed by atoms with van der Waals surface area (Å²) in [4.78, 5) is 0. The second-order valence-electron chi connectivity index (χ2n) is 5.66. The normalized spacial score (nSPS) is 14.6. The smallest absolute Gasteiger partial charge is 0.154 e. The Labute approximate surface area is 126 Å². The van der Waals surface area contributed by atoms with Gasteiger partial charge in [0.05, 0.1) is 21.2 Å². The summed E-state index contributed by atoms with van der Waals surface area (Å²) in [6.07, 6.45) is 1.79. The van der Waals surface area contributed by atoms with Crippen LogP contribution in [-0.4, -0.2) is 41.8 Å². The van der Waals surface area contributed by atoms with Crippen molar-refractivity contribution in [2.45, 2.75) is 44.9 Å². The largest absolute Gasteiger partial charge is 0.312 e. The molecular weight excluding hydrogens is 298 g/mol. The quantitative estimate of drug-likeness (QED) is 0.866. The van der Waals surface area contributed by atoms with E-state index < -0.39 is 14.6 Å². The molecule has 1 unspecified atom stereocenters. The predicted octanol–water partition coefficient (Wildman–Crippen LogP) is 1.73. The topological polar surface area (TPSA) is 64.0 Å². The summed E-state index contributed by atoms with van der Waals surface area (Å²) in [5, 5.41) is 8.15. The van der Waals surface area contributed by atoms with Gasteiger partial charge in [-0.15, -0.1) is 0 Å². The molecule has 0 aromatic carbocycles. The molecule has 0 aliphatic rings. The first-order chi connectivity index (χ1) is 9.02. The van der Waals surface area contributed by atoms with E-state index in [0.717, 1.165) is 11.4 Å². The fourth-order valence-corrected chi connectivity index (χ4v) is 3.08. The van der Waals surface area contributed by atoms with Gasteiger partial charge in [-0.25, -0.2) is 8.42 Å². The minimum Gasteiger partial charge on any atom is -0.312 e. The zero-order valence-corrected chi connectivity index (χ0v) is 14.6. The lowest BCUT2D eigenvalue weighted by atomic mass is 9.98.